The molecule has 3 atom stereocenters. The maximum Gasteiger partial charge on any atom is 0.332 e. The number of non-ortho nitro benzene ring substituents is 1. The minimum absolute atomic E-state index is 0.218. The number of rotatable bonds is 5. The second-order valence-electron chi connectivity index (χ2n) is 6.98. The largest absolute Gasteiger partial charge is 0.459 e. The van der Waals surface area contributed by atoms with Crippen molar-refractivity contribution in [1.29, 1.82) is 0 Å². The van der Waals surface area contributed by atoms with E-state index in [0.717, 1.165) is 17.0 Å². The lowest BCUT2D eigenvalue weighted by Gasteiger charge is -2.35. The monoisotopic (exact) mass is 458 g/mol. The first-order valence-electron chi connectivity index (χ1n) is 8.99. The number of nitro benzene ring substituents is 1. The molecule has 32 heavy (non-hydrogen) atoms. The summed E-state index contributed by atoms with van der Waals surface area (Å²) in [6.45, 7) is -0.441. The van der Waals surface area contributed by atoms with E-state index in [1.165, 1.54) is 12.1 Å². The maximum atomic E-state index is 14.3. The third-order valence-electron chi connectivity index (χ3n) is 5.14. The van der Waals surface area contributed by atoms with Crippen LogP contribution in [0, 0.1) is 39.2 Å². The molecule has 0 aromatic heterocycles. The summed E-state index contributed by atoms with van der Waals surface area (Å²) >= 11 is 0. The number of esters is 1. The van der Waals surface area contributed by atoms with E-state index in [-0.39, 0.29) is 12.1 Å². The maximum absolute atomic E-state index is 14.3. The van der Waals surface area contributed by atoms with E-state index >= 15 is 0 Å². The average molecular weight is 458 g/mol. The number of hydrogen-bond donors (Lipinski definition) is 0. The van der Waals surface area contributed by atoms with Gasteiger partial charge in [-0.25, -0.2) is 26.7 Å². The Balaban J connectivity index is 1.62. The number of nitro groups is 1. The summed E-state index contributed by atoms with van der Waals surface area (Å²) in [5.74, 6) is -13.0. The van der Waals surface area contributed by atoms with Crippen molar-refractivity contribution in [3.05, 3.63) is 74.6 Å². The first-order chi connectivity index (χ1) is 15.1. The lowest BCUT2D eigenvalue weighted by molar-refractivity contribution is -0.384. The van der Waals surface area contributed by atoms with Crippen LogP contribution < -0.4 is 0 Å². The molecule has 0 bridgehead atoms. The van der Waals surface area contributed by atoms with E-state index in [2.05, 4.69) is 0 Å². The lowest BCUT2D eigenvalue weighted by atomic mass is 9.98. The molecule has 0 saturated carbocycles. The van der Waals surface area contributed by atoms with Crippen molar-refractivity contribution in [1.82, 2.24) is 4.90 Å². The number of amides is 1. The summed E-state index contributed by atoms with van der Waals surface area (Å²) in [7, 11) is 0. The Hall–Kier alpha value is -3.61. The summed E-state index contributed by atoms with van der Waals surface area (Å²) in [4.78, 5) is 35.4. The van der Waals surface area contributed by atoms with Crippen molar-refractivity contribution < 1.29 is 45.9 Å². The fourth-order valence-corrected chi connectivity index (χ4v) is 3.53. The predicted molar refractivity (Wildman–Crippen MR) is 92.0 cm³/mol. The number of carbonyl (C=O) groups excluding carboxylic acids is 2. The molecule has 0 radical (unpaired) electrons. The van der Waals surface area contributed by atoms with Crippen LogP contribution in [0.5, 0.6) is 0 Å². The molecular formula is C19H11F5N2O6. The summed E-state index contributed by atoms with van der Waals surface area (Å²) in [5.41, 5.74) is -1.30. The molecule has 2 aromatic carbocycles. The van der Waals surface area contributed by atoms with E-state index < -0.39 is 76.4 Å². The minimum Gasteiger partial charge on any atom is -0.459 e. The quantitative estimate of drug-likeness (QED) is 0.130. The summed E-state index contributed by atoms with van der Waals surface area (Å²) < 4.78 is 79.6. The molecule has 1 amide bonds. The Morgan fingerprint density at radius 3 is 2.16 bits per heavy atom. The molecule has 2 aromatic rings. The third kappa shape index (κ3) is 3.34. The molecule has 2 aliphatic heterocycles. The average Bonchev–Trinajstić information content (AvgIpc) is 3.07. The highest BCUT2D eigenvalue weighted by molar-refractivity contribution is 5.90. The van der Waals surface area contributed by atoms with Gasteiger partial charge in [-0.1, -0.05) is 0 Å². The molecule has 4 rings (SSSR count). The Labute approximate surface area is 175 Å². The first kappa shape index (κ1) is 21.6. The molecule has 0 N–H and O–H groups in total. The van der Waals surface area contributed by atoms with Crippen molar-refractivity contribution in [3.8, 4) is 0 Å². The second kappa shape index (κ2) is 7.82. The number of benzene rings is 2. The van der Waals surface area contributed by atoms with Gasteiger partial charge in [-0.3, -0.25) is 19.8 Å². The number of fused-ring (bicyclic) bond motifs is 1. The fraction of sp³-hybridized carbons (Fsp3) is 0.263. The van der Waals surface area contributed by atoms with Crippen LogP contribution in [0.2, 0.25) is 0 Å². The van der Waals surface area contributed by atoms with Crippen molar-refractivity contribution in [2.75, 3.05) is 0 Å². The van der Waals surface area contributed by atoms with E-state index in [0.29, 0.717) is 5.56 Å². The van der Waals surface area contributed by atoms with Crippen LogP contribution in [0.1, 0.15) is 23.7 Å². The molecule has 2 heterocycles. The molecule has 0 aliphatic carbocycles. The van der Waals surface area contributed by atoms with Gasteiger partial charge in [0.2, 0.25) is 11.7 Å². The first-order valence-corrected chi connectivity index (χ1v) is 8.99. The molecule has 8 nitrogen and oxygen atoms in total. The molecule has 0 unspecified atom stereocenters. The molecule has 2 saturated heterocycles. The van der Waals surface area contributed by atoms with Gasteiger partial charge in [-0.05, 0) is 17.7 Å². The van der Waals surface area contributed by atoms with Crippen LogP contribution in [0.3, 0.4) is 0 Å². The molecule has 0 spiro atoms. The third-order valence-corrected chi connectivity index (χ3v) is 5.14. The van der Waals surface area contributed by atoms with Crippen LogP contribution in [0.25, 0.3) is 0 Å². The Morgan fingerprint density at radius 2 is 1.62 bits per heavy atom. The zero-order valence-corrected chi connectivity index (χ0v) is 15.7. The smallest absolute Gasteiger partial charge is 0.332 e. The fourth-order valence-electron chi connectivity index (χ4n) is 3.53. The number of carbonyl (C=O) groups is 2. The number of halogens is 5. The molecule has 13 heteroatoms. The van der Waals surface area contributed by atoms with E-state index in [1.54, 1.807) is 0 Å². The zero-order valence-electron chi connectivity index (χ0n) is 15.7. The van der Waals surface area contributed by atoms with Gasteiger partial charge < -0.3 is 9.47 Å². The normalized spacial score (nSPS) is 21.8. The minimum atomic E-state index is -2.38. The number of nitrogens with zero attached hydrogens (tertiary/aromatic N) is 2. The number of β-lactam (4-membered cyclic amide) rings is 1. The highest BCUT2D eigenvalue weighted by atomic mass is 19.2. The molecule has 2 aliphatic rings. The standard InChI is InChI=1S/C19H11F5N2O6/c20-12-11(13(21)15(23)16(24)14(12)22)18-17(25-9(27)5-10(25)32-18)19(28)31-6-7-1-3-8(4-2-7)26(29)30/h1-4,10,17-18H,5-6H2/t10-,17-,18+/m1/s1. The van der Waals surface area contributed by atoms with Crippen molar-refractivity contribution >= 4 is 17.6 Å². The van der Waals surface area contributed by atoms with Crippen LogP contribution in [-0.2, 0) is 25.7 Å². The van der Waals surface area contributed by atoms with Crippen LogP contribution in [0.4, 0.5) is 27.6 Å². The van der Waals surface area contributed by atoms with Crippen LogP contribution in [0.15, 0.2) is 24.3 Å². The van der Waals surface area contributed by atoms with Crippen molar-refractivity contribution in [2.24, 2.45) is 0 Å². The SMILES string of the molecule is O=C(OCc1ccc([N+](=O)[O-])cc1)[C@H]1[C@H](c2c(F)c(F)c(F)c(F)c2F)O[C@@H]2CC(=O)N21. The van der Waals surface area contributed by atoms with Crippen LogP contribution >= 0.6 is 0 Å². The predicted octanol–water partition coefficient (Wildman–Crippen LogP) is 3.03. The van der Waals surface area contributed by atoms with Gasteiger partial charge in [-0.15, -0.1) is 0 Å². The summed E-state index contributed by atoms with van der Waals surface area (Å²) in [5, 5.41) is 10.7. The van der Waals surface area contributed by atoms with Gasteiger partial charge in [0.1, 0.15) is 18.9 Å². The molecule has 168 valence electrons. The van der Waals surface area contributed by atoms with Crippen molar-refractivity contribution in [3.63, 3.8) is 0 Å². The van der Waals surface area contributed by atoms with Crippen molar-refractivity contribution in [2.45, 2.75) is 31.4 Å². The molecule has 2 fully saturated rings. The zero-order chi connectivity index (χ0) is 23.3. The Kier molecular flexibility index (Phi) is 5.28. The van der Waals surface area contributed by atoms with Crippen LogP contribution in [-0.4, -0.2) is 34.0 Å². The summed E-state index contributed by atoms with van der Waals surface area (Å²) in [6.07, 6.45) is -3.35. The van der Waals surface area contributed by atoms with Gasteiger partial charge in [-0.2, -0.15) is 0 Å². The van der Waals surface area contributed by atoms with Gasteiger partial charge >= 0.3 is 5.97 Å². The Morgan fingerprint density at radius 1 is 1.06 bits per heavy atom. The lowest BCUT2D eigenvalue weighted by Crippen LogP contribution is -2.55. The summed E-state index contributed by atoms with van der Waals surface area (Å²) in [6, 6.07) is 3.07. The number of ether oxygens (including phenoxy) is 2. The van der Waals surface area contributed by atoms with Gasteiger partial charge in [0.05, 0.1) is 16.9 Å². The second-order valence-corrected chi connectivity index (χ2v) is 6.98. The number of hydrogen-bond acceptors (Lipinski definition) is 6. The molecular weight excluding hydrogens is 447 g/mol. The van der Waals surface area contributed by atoms with Gasteiger partial charge in [0.15, 0.2) is 29.3 Å². The highest BCUT2D eigenvalue weighted by Gasteiger charge is 2.58. The van der Waals surface area contributed by atoms with Gasteiger partial charge in [0, 0.05) is 12.1 Å². The Bertz CT molecular complexity index is 1110. The van der Waals surface area contributed by atoms with E-state index in [4.69, 9.17) is 9.47 Å². The van der Waals surface area contributed by atoms with E-state index in [1.807, 2.05) is 0 Å². The van der Waals surface area contributed by atoms with Gasteiger partial charge in [0.25, 0.3) is 5.69 Å². The van der Waals surface area contributed by atoms with E-state index in [9.17, 15) is 41.7 Å². The topological polar surface area (TPSA) is 99.0 Å². The highest BCUT2D eigenvalue weighted by Crippen LogP contribution is 2.44.